The van der Waals surface area contributed by atoms with Gasteiger partial charge in [0.05, 0.1) is 5.69 Å². The van der Waals surface area contributed by atoms with Gasteiger partial charge in [-0.15, -0.1) is 0 Å². The zero-order chi connectivity index (χ0) is 13.1. The molecule has 1 aliphatic rings. The minimum atomic E-state index is 0.428. The fraction of sp³-hybridized carbons (Fsp3) is 0.615. The van der Waals surface area contributed by atoms with Gasteiger partial charge in [0.1, 0.15) is 11.6 Å². The maximum absolute atomic E-state index is 5.75. The van der Waals surface area contributed by atoms with Gasteiger partial charge in [-0.25, -0.2) is 4.98 Å². The lowest BCUT2D eigenvalue weighted by Crippen LogP contribution is -2.47. The number of nitrogen functional groups attached to an aromatic ring is 2. The number of piperazine rings is 1. The van der Waals surface area contributed by atoms with E-state index in [2.05, 4.69) is 28.6 Å². The molecule has 18 heavy (non-hydrogen) atoms. The molecule has 0 amide bonds. The molecule has 0 spiro atoms. The largest absolute Gasteiger partial charge is 0.396 e. The van der Waals surface area contributed by atoms with Crippen molar-refractivity contribution >= 4 is 17.3 Å². The van der Waals surface area contributed by atoms with Crippen LogP contribution in [0, 0.1) is 5.92 Å². The summed E-state index contributed by atoms with van der Waals surface area (Å²) in [5.74, 6) is 2.09. The summed E-state index contributed by atoms with van der Waals surface area (Å²) in [7, 11) is 0. The van der Waals surface area contributed by atoms with Gasteiger partial charge in [0.2, 0.25) is 0 Å². The third-order valence-electron chi connectivity index (χ3n) is 3.26. The molecule has 1 aromatic heterocycles. The summed E-state index contributed by atoms with van der Waals surface area (Å²) in [6.45, 7) is 9.87. The molecule has 1 aliphatic heterocycles. The second-order valence-electron chi connectivity index (χ2n) is 5.33. The van der Waals surface area contributed by atoms with Gasteiger partial charge in [-0.1, -0.05) is 13.8 Å². The Kier molecular flexibility index (Phi) is 3.91. The molecule has 1 fully saturated rings. The normalized spacial score (nSPS) is 17.4. The Morgan fingerprint density at radius 2 is 1.83 bits per heavy atom. The molecule has 1 saturated heterocycles. The van der Waals surface area contributed by atoms with Crippen molar-refractivity contribution in [3.05, 3.63) is 12.1 Å². The number of nitrogens with two attached hydrogens (primary N) is 2. The van der Waals surface area contributed by atoms with Crippen LogP contribution in [0.25, 0.3) is 0 Å². The Morgan fingerprint density at radius 3 is 2.39 bits per heavy atom. The van der Waals surface area contributed by atoms with Crippen LogP contribution < -0.4 is 16.4 Å². The number of nitrogens with zero attached hydrogens (tertiary/aromatic N) is 3. The van der Waals surface area contributed by atoms with Gasteiger partial charge in [0, 0.05) is 32.7 Å². The molecule has 0 unspecified atom stereocenters. The summed E-state index contributed by atoms with van der Waals surface area (Å²) < 4.78 is 0. The van der Waals surface area contributed by atoms with Gasteiger partial charge in [-0.3, -0.25) is 4.90 Å². The first-order valence-corrected chi connectivity index (χ1v) is 6.55. The highest BCUT2D eigenvalue weighted by atomic mass is 15.3. The Balaban J connectivity index is 1.94. The Hall–Kier alpha value is -1.49. The first-order valence-electron chi connectivity index (χ1n) is 6.55. The van der Waals surface area contributed by atoms with Crippen LogP contribution in [0.2, 0.25) is 0 Å². The molecule has 4 N–H and O–H groups in total. The van der Waals surface area contributed by atoms with Crippen LogP contribution in [-0.4, -0.2) is 42.6 Å². The van der Waals surface area contributed by atoms with E-state index in [9.17, 15) is 0 Å². The molecule has 2 heterocycles. The molecule has 5 heteroatoms. The molecule has 0 aromatic carbocycles. The minimum absolute atomic E-state index is 0.428. The topological polar surface area (TPSA) is 71.4 Å². The van der Waals surface area contributed by atoms with E-state index >= 15 is 0 Å². The molecule has 5 nitrogen and oxygen atoms in total. The molecule has 0 saturated carbocycles. The molecule has 0 aliphatic carbocycles. The van der Waals surface area contributed by atoms with Crippen molar-refractivity contribution in [2.75, 3.05) is 49.1 Å². The first kappa shape index (κ1) is 13.0. The lowest BCUT2D eigenvalue weighted by Gasteiger charge is -2.36. The van der Waals surface area contributed by atoms with Gasteiger partial charge in [0.25, 0.3) is 0 Å². The van der Waals surface area contributed by atoms with Crippen LogP contribution in [0.15, 0.2) is 12.1 Å². The van der Waals surface area contributed by atoms with Crippen molar-refractivity contribution in [2.24, 2.45) is 5.92 Å². The number of hydrogen-bond donors (Lipinski definition) is 2. The van der Waals surface area contributed by atoms with E-state index < -0.39 is 0 Å². The smallest absolute Gasteiger partial charge is 0.149 e. The molecule has 100 valence electrons. The van der Waals surface area contributed by atoms with Gasteiger partial charge < -0.3 is 16.4 Å². The quantitative estimate of drug-likeness (QED) is 0.837. The second kappa shape index (κ2) is 5.44. The summed E-state index contributed by atoms with van der Waals surface area (Å²) in [4.78, 5) is 9.11. The van der Waals surface area contributed by atoms with Crippen LogP contribution >= 0.6 is 0 Å². The number of aromatic nitrogens is 1. The molecule has 0 atom stereocenters. The predicted octanol–water partition coefficient (Wildman–Crippen LogP) is 1.02. The lowest BCUT2D eigenvalue weighted by atomic mass is 10.2. The fourth-order valence-corrected chi connectivity index (χ4v) is 2.33. The monoisotopic (exact) mass is 249 g/mol. The third-order valence-corrected chi connectivity index (χ3v) is 3.26. The van der Waals surface area contributed by atoms with E-state index in [1.807, 2.05) is 12.1 Å². The van der Waals surface area contributed by atoms with E-state index in [0.717, 1.165) is 37.9 Å². The van der Waals surface area contributed by atoms with E-state index in [-0.39, 0.29) is 0 Å². The third kappa shape index (κ3) is 3.04. The fourth-order valence-electron chi connectivity index (χ4n) is 2.33. The first-order chi connectivity index (χ1) is 8.56. The van der Waals surface area contributed by atoms with Crippen molar-refractivity contribution in [3.63, 3.8) is 0 Å². The Morgan fingerprint density at radius 1 is 1.17 bits per heavy atom. The van der Waals surface area contributed by atoms with Crippen molar-refractivity contribution < 1.29 is 0 Å². The van der Waals surface area contributed by atoms with Crippen LogP contribution in [0.5, 0.6) is 0 Å². The molecule has 0 bridgehead atoms. The average molecular weight is 249 g/mol. The SMILES string of the molecule is CC(C)CN1CCN(c2ccc(N)c(N)n2)CC1. The second-order valence-corrected chi connectivity index (χ2v) is 5.33. The standard InChI is InChI=1S/C13H23N5/c1-10(2)9-17-5-7-18(8-6-17)12-4-3-11(14)13(15)16-12/h3-4,10H,5-9,14H2,1-2H3,(H2,15,16). The summed E-state index contributed by atoms with van der Waals surface area (Å²) in [5.41, 5.74) is 12.0. The number of rotatable bonds is 3. The van der Waals surface area contributed by atoms with Gasteiger partial charge in [-0.05, 0) is 18.1 Å². The Labute approximate surface area is 109 Å². The van der Waals surface area contributed by atoms with Crippen LogP contribution in [-0.2, 0) is 0 Å². The molecular weight excluding hydrogens is 226 g/mol. The number of anilines is 3. The Bertz CT molecular complexity index is 396. The van der Waals surface area contributed by atoms with Crippen LogP contribution in [0.4, 0.5) is 17.3 Å². The summed E-state index contributed by atoms with van der Waals surface area (Å²) in [6.07, 6.45) is 0. The van der Waals surface area contributed by atoms with Crippen molar-refractivity contribution in [2.45, 2.75) is 13.8 Å². The molecular formula is C13H23N5. The maximum Gasteiger partial charge on any atom is 0.149 e. The van der Waals surface area contributed by atoms with E-state index in [4.69, 9.17) is 11.5 Å². The van der Waals surface area contributed by atoms with Gasteiger partial charge in [0.15, 0.2) is 0 Å². The zero-order valence-electron chi connectivity index (χ0n) is 11.3. The molecule has 1 aromatic rings. The maximum atomic E-state index is 5.75. The van der Waals surface area contributed by atoms with Crippen molar-refractivity contribution in [1.29, 1.82) is 0 Å². The van der Waals surface area contributed by atoms with Gasteiger partial charge in [-0.2, -0.15) is 0 Å². The van der Waals surface area contributed by atoms with Crippen LogP contribution in [0.1, 0.15) is 13.8 Å². The summed E-state index contributed by atoms with van der Waals surface area (Å²) in [6, 6.07) is 3.78. The zero-order valence-corrected chi connectivity index (χ0v) is 11.3. The van der Waals surface area contributed by atoms with Crippen molar-refractivity contribution in [3.8, 4) is 0 Å². The molecule has 0 radical (unpaired) electrons. The van der Waals surface area contributed by atoms with Crippen molar-refractivity contribution in [1.82, 2.24) is 9.88 Å². The minimum Gasteiger partial charge on any atom is -0.396 e. The number of hydrogen-bond acceptors (Lipinski definition) is 5. The summed E-state index contributed by atoms with van der Waals surface area (Å²) in [5, 5.41) is 0. The highest BCUT2D eigenvalue weighted by Gasteiger charge is 2.18. The number of pyridine rings is 1. The average Bonchev–Trinajstić information content (AvgIpc) is 2.33. The van der Waals surface area contributed by atoms with Crippen LogP contribution in [0.3, 0.4) is 0 Å². The van der Waals surface area contributed by atoms with Gasteiger partial charge >= 0.3 is 0 Å². The highest BCUT2D eigenvalue weighted by Crippen LogP contribution is 2.19. The van der Waals surface area contributed by atoms with E-state index in [1.54, 1.807) is 0 Å². The van der Waals surface area contributed by atoms with E-state index in [1.165, 1.54) is 6.54 Å². The predicted molar refractivity (Wildman–Crippen MR) is 76.6 cm³/mol. The lowest BCUT2D eigenvalue weighted by molar-refractivity contribution is 0.231. The summed E-state index contributed by atoms with van der Waals surface area (Å²) >= 11 is 0. The molecule has 2 rings (SSSR count). The van der Waals surface area contributed by atoms with E-state index in [0.29, 0.717) is 11.5 Å². The highest BCUT2D eigenvalue weighted by molar-refractivity contribution is 5.62.